The average molecular weight is 309 g/mol. The lowest BCUT2D eigenvalue weighted by atomic mass is 10.0. The zero-order chi connectivity index (χ0) is 12.7. The van der Waals surface area contributed by atoms with Crippen molar-refractivity contribution >= 4 is 21.6 Å². The van der Waals surface area contributed by atoms with Gasteiger partial charge in [-0.2, -0.15) is 0 Å². The lowest BCUT2D eigenvalue weighted by molar-refractivity contribution is 0.418. The van der Waals surface area contributed by atoms with Gasteiger partial charge in [-0.1, -0.05) is 15.9 Å². The van der Waals surface area contributed by atoms with Gasteiger partial charge in [-0.25, -0.2) is 0 Å². The van der Waals surface area contributed by atoms with Crippen LogP contribution >= 0.6 is 15.9 Å². The lowest BCUT2D eigenvalue weighted by Gasteiger charge is -2.37. The van der Waals surface area contributed by atoms with Crippen LogP contribution in [0, 0.1) is 19.8 Å². The van der Waals surface area contributed by atoms with Crippen LogP contribution in [-0.4, -0.2) is 25.7 Å². The molecule has 0 radical (unpaired) electrons. The van der Waals surface area contributed by atoms with E-state index in [1.165, 1.54) is 40.7 Å². The Morgan fingerprint density at radius 1 is 1.22 bits per heavy atom. The molecule has 0 bridgehead atoms. The van der Waals surface area contributed by atoms with Gasteiger partial charge in [0.25, 0.3) is 0 Å². The third-order valence-electron chi connectivity index (χ3n) is 4.17. The van der Waals surface area contributed by atoms with Crippen molar-refractivity contribution < 1.29 is 0 Å². The molecule has 0 aromatic heterocycles. The lowest BCUT2D eigenvalue weighted by Crippen LogP contribution is -2.52. The summed E-state index contributed by atoms with van der Waals surface area (Å²) in [5, 5.41) is 3.68. The van der Waals surface area contributed by atoms with Gasteiger partial charge >= 0.3 is 0 Å². The summed E-state index contributed by atoms with van der Waals surface area (Å²) in [6.45, 7) is 7.87. The van der Waals surface area contributed by atoms with Crippen molar-refractivity contribution in [2.45, 2.75) is 32.7 Å². The fourth-order valence-electron chi connectivity index (χ4n) is 3.20. The van der Waals surface area contributed by atoms with Crippen LogP contribution in [0.1, 0.15) is 24.0 Å². The molecule has 1 aromatic rings. The fraction of sp³-hybridized carbons (Fsp3) is 0.600. The number of rotatable bonds is 2. The molecule has 1 saturated carbocycles. The Balaban J connectivity index is 1.85. The Bertz CT molecular complexity index is 431. The fourth-order valence-corrected chi connectivity index (χ4v) is 3.88. The minimum atomic E-state index is 0.709. The molecule has 1 aliphatic carbocycles. The van der Waals surface area contributed by atoms with Crippen molar-refractivity contribution in [3.8, 4) is 0 Å². The maximum absolute atomic E-state index is 3.68. The van der Waals surface area contributed by atoms with Crippen LogP contribution in [0.5, 0.6) is 0 Å². The van der Waals surface area contributed by atoms with Gasteiger partial charge in [0.05, 0.1) is 0 Å². The first-order chi connectivity index (χ1) is 8.65. The monoisotopic (exact) mass is 308 g/mol. The molecule has 1 aliphatic heterocycles. The number of benzene rings is 1. The number of nitrogens with zero attached hydrogens (tertiary/aromatic N) is 1. The summed E-state index contributed by atoms with van der Waals surface area (Å²) in [7, 11) is 0. The van der Waals surface area contributed by atoms with Crippen LogP contribution < -0.4 is 10.2 Å². The Labute approximate surface area is 118 Å². The van der Waals surface area contributed by atoms with Gasteiger partial charge in [0.15, 0.2) is 0 Å². The average Bonchev–Trinajstić information content (AvgIpc) is 3.11. The highest BCUT2D eigenvalue weighted by Crippen LogP contribution is 2.36. The molecule has 3 rings (SSSR count). The van der Waals surface area contributed by atoms with Crippen molar-refractivity contribution in [2.75, 3.05) is 24.5 Å². The molecule has 2 aliphatic rings. The summed E-state index contributed by atoms with van der Waals surface area (Å²) in [4.78, 5) is 2.58. The summed E-state index contributed by atoms with van der Waals surface area (Å²) in [5.74, 6) is 0.934. The van der Waals surface area contributed by atoms with Gasteiger partial charge in [-0.05, 0) is 55.9 Å². The SMILES string of the molecule is Cc1cc(Br)cc(C)c1N1CCNC(C2CC2)C1. The largest absolute Gasteiger partial charge is 0.368 e. The second kappa shape index (κ2) is 4.86. The molecule has 1 unspecified atom stereocenters. The number of hydrogen-bond acceptors (Lipinski definition) is 2. The van der Waals surface area contributed by atoms with E-state index in [2.05, 4.69) is 52.1 Å². The summed E-state index contributed by atoms with van der Waals surface area (Å²) < 4.78 is 1.19. The van der Waals surface area contributed by atoms with Crippen LogP contribution in [0.4, 0.5) is 5.69 Å². The molecule has 1 N–H and O–H groups in total. The van der Waals surface area contributed by atoms with Gasteiger partial charge < -0.3 is 10.2 Å². The number of aryl methyl sites for hydroxylation is 2. The molecular formula is C15H21BrN2. The third-order valence-corrected chi connectivity index (χ3v) is 4.63. The van der Waals surface area contributed by atoms with E-state index in [1.807, 2.05) is 0 Å². The first-order valence-corrected chi connectivity index (χ1v) is 7.69. The molecule has 98 valence electrons. The summed E-state index contributed by atoms with van der Waals surface area (Å²) in [6, 6.07) is 5.17. The van der Waals surface area contributed by atoms with Crippen molar-refractivity contribution in [2.24, 2.45) is 5.92 Å². The van der Waals surface area contributed by atoms with Gasteiger partial charge in [-0.3, -0.25) is 0 Å². The molecule has 0 amide bonds. The third kappa shape index (κ3) is 2.43. The van der Waals surface area contributed by atoms with E-state index >= 15 is 0 Å². The van der Waals surface area contributed by atoms with E-state index in [9.17, 15) is 0 Å². The number of piperazine rings is 1. The predicted molar refractivity (Wildman–Crippen MR) is 80.3 cm³/mol. The Morgan fingerprint density at radius 3 is 2.50 bits per heavy atom. The quantitative estimate of drug-likeness (QED) is 0.902. The minimum Gasteiger partial charge on any atom is -0.368 e. The highest BCUT2D eigenvalue weighted by atomic mass is 79.9. The zero-order valence-electron chi connectivity index (χ0n) is 11.2. The van der Waals surface area contributed by atoms with Crippen molar-refractivity contribution in [1.29, 1.82) is 0 Å². The first kappa shape index (κ1) is 12.5. The number of anilines is 1. The molecule has 3 heteroatoms. The van der Waals surface area contributed by atoms with Crippen LogP contribution in [-0.2, 0) is 0 Å². The second-order valence-corrected chi connectivity index (χ2v) is 6.65. The topological polar surface area (TPSA) is 15.3 Å². The number of halogens is 1. The Hall–Kier alpha value is -0.540. The van der Waals surface area contributed by atoms with E-state index < -0.39 is 0 Å². The van der Waals surface area contributed by atoms with Gasteiger partial charge in [0.1, 0.15) is 0 Å². The van der Waals surface area contributed by atoms with Crippen LogP contribution in [0.2, 0.25) is 0 Å². The van der Waals surface area contributed by atoms with Crippen LogP contribution in [0.25, 0.3) is 0 Å². The van der Waals surface area contributed by atoms with Crippen LogP contribution in [0.3, 0.4) is 0 Å². The predicted octanol–water partition coefficient (Wildman–Crippen LogP) is 3.25. The molecule has 2 fully saturated rings. The molecule has 18 heavy (non-hydrogen) atoms. The van der Waals surface area contributed by atoms with Crippen LogP contribution in [0.15, 0.2) is 16.6 Å². The molecule has 1 aromatic carbocycles. The summed E-state index contributed by atoms with van der Waals surface area (Å²) >= 11 is 3.59. The highest BCUT2D eigenvalue weighted by Gasteiger charge is 2.34. The molecule has 1 heterocycles. The normalized spacial score (nSPS) is 24.4. The first-order valence-electron chi connectivity index (χ1n) is 6.90. The van der Waals surface area contributed by atoms with E-state index in [4.69, 9.17) is 0 Å². The van der Waals surface area contributed by atoms with Gasteiger partial charge in [0, 0.05) is 35.8 Å². The molecule has 0 spiro atoms. The molecule has 2 nitrogen and oxygen atoms in total. The molecule has 1 saturated heterocycles. The maximum atomic E-state index is 3.68. The van der Waals surface area contributed by atoms with Gasteiger partial charge in [-0.15, -0.1) is 0 Å². The minimum absolute atomic E-state index is 0.709. The van der Waals surface area contributed by atoms with Crippen molar-refractivity contribution in [3.63, 3.8) is 0 Å². The maximum Gasteiger partial charge on any atom is 0.0427 e. The van der Waals surface area contributed by atoms with E-state index in [0.29, 0.717) is 6.04 Å². The summed E-state index contributed by atoms with van der Waals surface area (Å²) in [5.41, 5.74) is 4.22. The number of hydrogen-bond donors (Lipinski definition) is 1. The zero-order valence-corrected chi connectivity index (χ0v) is 12.8. The molecule has 1 atom stereocenters. The van der Waals surface area contributed by atoms with Crippen molar-refractivity contribution in [3.05, 3.63) is 27.7 Å². The smallest absolute Gasteiger partial charge is 0.0427 e. The second-order valence-electron chi connectivity index (χ2n) is 5.73. The highest BCUT2D eigenvalue weighted by molar-refractivity contribution is 9.10. The standard InChI is InChI=1S/C15H21BrN2/c1-10-7-13(16)8-11(2)15(10)18-6-5-17-14(9-18)12-3-4-12/h7-8,12,14,17H,3-6,9H2,1-2H3. The summed E-state index contributed by atoms with van der Waals surface area (Å²) in [6.07, 6.45) is 2.84. The van der Waals surface area contributed by atoms with E-state index in [-0.39, 0.29) is 0 Å². The Morgan fingerprint density at radius 2 is 1.89 bits per heavy atom. The van der Waals surface area contributed by atoms with E-state index in [1.54, 1.807) is 0 Å². The van der Waals surface area contributed by atoms with Crippen molar-refractivity contribution in [1.82, 2.24) is 5.32 Å². The molecular weight excluding hydrogens is 288 g/mol. The van der Waals surface area contributed by atoms with E-state index in [0.717, 1.165) is 19.0 Å². The van der Waals surface area contributed by atoms with Gasteiger partial charge in [0.2, 0.25) is 0 Å². The number of nitrogens with one attached hydrogen (secondary N) is 1. The Kier molecular flexibility index (Phi) is 3.37.